The second-order valence-corrected chi connectivity index (χ2v) is 13.4. The van der Waals surface area contributed by atoms with Crippen LogP contribution >= 0.6 is 11.6 Å². The molecule has 1 aromatic heterocycles. The van der Waals surface area contributed by atoms with Crippen LogP contribution < -0.4 is 4.74 Å². The van der Waals surface area contributed by atoms with Crippen molar-refractivity contribution in [2.24, 2.45) is 0 Å². The Labute approximate surface area is 282 Å². The highest BCUT2D eigenvalue weighted by Gasteiger charge is 2.22. The van der Waals surface area contributed by atoms with E-state index >= 15 is 0 Å². The fourth-order valence-corrected chi connectivity index (χ4v) is 5.93. The summed E-state index contributed by atoms with van der Waals surface area (Å²) in [5.74, 6) is -0.0221. The van der Waals surface area contributed by atoms with Crippen molar-refractivity contribution in [2.45, 2.75) is 85.0 Å². The van der Waals surface area contributed by atoms with Crippen LogP contribution in [0.25, 0.3) is 28.5 Å². The van der Waals surface area contributed by atoms with Crippen molar-refractivity contribution in [3.8, 4) is 28.1 Å². The molecule has 0 bridgehead atoms. The molecule has 0 N–H and O–H groups in total. The zero-order chi connectivity index (χ0) is 33.6. The van der Waals surface area contributed by atoms with Crippen LogP contribution in [0.5, 0.6) is 5.75 Å². The van der Waals surface area contributed by atoms with E-state index in [9.17, 15) is 9.59 Å². The van der Waals surface area contributed by atoms with Gasteiger partial charge in [-0.25, -0.2) is 9.59 Å². The van der Waals surface area contributed by atoms with Gasteiger partial charge < -0.3 is 14.2 Å². The molecule has 7 nitrogen and oxygen atoms in total. The Hall–Kier alpha value is -4.36. The van der Waals surface area contributed by atoms with Gasteiger partial charge in [0.05, 0.1) is 29.6 Å². The number of carbonyl (C=O) groups is 2. The molecule has 0 atom stereocenters. The molecule has 47 heavy (non-hydrogen) atoms. The lowest BCUT2D eigenvalue weighted by Crippen LogP contribution is -2.24. The van der Waals surface area contributed by atoms with Crippen LogP contribution in [0, 0.1) is 0 Å². The third kappa shape index (κ3) is 8.92. The largest absolute Gasteiger partial charge is 0.489 e. The number of rotatable bonds is 10. The van der Waals surface area contributed by atoms with Crippen LogP contribution in [-0.4, -0.2) is 33.9 Å². The first-order valence-corrected chi connectivity index (χ1v) is 16.7. The highest BCUT2D eigenvalue weighted by atomic mass is 35.5. The SMILES string of the molecule is CCOC(=O)C(C)=Cc1cc(-c2ccc(OCc3cc(C(=O)OC(C)(C)C)ccc3-c3ccc(Cl)cc3)cc2)n(C2CCCCC2)n1. The molecule has 4 aromatic rings. The maximum absolute atomic E-state index is 12.9. The van der Waals surface area contributed by atoms with Gasteiger partial charge in [0.2, 0.25) is 0 Å². The van der Waals surface area contributed by atoms with Crippen LogP contribution in [0.3, 0.4) is 0 Å². The van der Waals surface area contributed by atoms with E-state index in [4.69, 9.17) is 30.9 Å². The number of hydrogen-bond donors (Lipinski definition) is 0. The van der Waals surface area contributed by atoms with Crippen LogP contribution in [0.2, 0.25) is 5.02 Å². The van der Waals surface area contributed by atoms with E-state index in [0.29, 0.717) is 34.6 Å². The van der Waals surface area contributed by atoms with Gasteiger partial charge in [-0.3, -0.25) is 4.68 Å². The van der Waals surface area contributed by atoms with Gasteiger partial charge in [0.25, 0.3) is 0 Å². The molecule has 0 radical (unpaired) electrons. The minimum Gasteiger partial charge on any atom is -0.489 e. The van der Waals surface area contributed by atoms with Crippen molar-refractivity contribution >= 4 is 29.6 Å². The summed E-state index contributed by atoms with van der Waals surface area (Å²) in [7, 11) is 0. The van der Waals surface area contributed by atoms with Crippen LogP contribution in [-0.2, 0) is 20.9 Å². The minimum absolute atomic E-state index is 0.246. The lowest BCUT2D eigenvalue weighted by molar-refractivity contribution is -0.138. The van der Waals surface area contributed by atoms with E-state index in [-0.39, 0.29) is 18.5 Å². The van der Waals surface area contributed by atoms with Gasteiger partial charge in [0, 0.05) is 16.2 Å². The molecule has 1 aliphatic rings. The standard InChI is InChI=1S/C39H43ClN2O5/c1-6-45-37(43)26(2)22-32-24-36(42(41-32)33-10-8-7-9-11-33)28-14-19-34(20-15-28)46-25-30-23-29(38(44)47-39(3,4)5)16-21-35(30)27-12-17-31(40)18-13-27/h12-24,33H,6-11,25H2,1-5H3. The molecule has 1 fully saturated rings. The fraction of sp³-hybridized carbons (Fsp3) is 0.359. The number of halogens is 1. The molecule has 0 aliphatic heterocycles. The topological polar surface area (TPSA) is 79.6 Å². The van der Waals surface area contributed by atoms with Crippen molar-refractivity contribution in [3.05, 3.63) is 100 Å². The smallest absolute Gasteiger partial charge is 0.338 e. The Morgan fingerprint density at radius 1 is 0.936 bits per heavy atom. The molecule has 246 valence electrons. The Bertz CT molecular complexity index is 1730. The lowest BCUT2D eigenvalue weighted by atomic mass is 9.95. The monoisotopic (exact) mass is 654 g/mol. The highest BCUT2D eigenvalue weighted by Crippen LogP contribution is 2.34. The van der Waals surface area contributed by atoms with Gasteiger partial charge >= 0.3 is 11.9 Å². The summed E-state index contributed by atoms with van der Waals surface area (Å²) in [5.41, 5.74) is 5.89. The molecule has 0 saturated heterocycles. The van der Waals surface area contributed by atoms with Crippen molar-refractivity contribution in [3.63, 3.8) is 0 Å². The van der Waals surface area contributed by atoms with Gasteiger partial charge in [-0.2, -0.15) is 5.10 Å². The number of hydrogen-bond acceptors (Lipinski definition) is 6. The maximum atomic E-state index is 12.9. The third-order valence-electron chi connectivity index (χ3n) is 8.08. The summed E-state index contributed by atoms with van der Waals surface area (Å²) < 4.78 is 19.2. The summed E-state index contributed by atoms with van der Waals surface area (Å²) >= 11 is 6.15. The van der Waals surface area contributed by atoms with E-state index in [1.807, 2.05) is 87.5 Å². The number of carbonyl (C=O) groups excluding carboxylic acids is 2. The second-order valence-electron chi connectivity index (χ2n) is 12.9. The van der Waals surface area contributed by atoms with E-state index in [2.05, 4.69) is 4.68 Å². The number of esters is 2. The quantitative estimate of drug-likeness (QED) is 0.125. The number of nitrogens with zero attached hydrogens (tertiary/aromatic N) is 2. The predicted molar refractivity (Wildman–Crippen MR) is 186 cm³/mol. The molecule has 8 heteroatoms. The van der Waals surface area contributed by atoms with Crippen molar-refractivity contribution in [2.75, 3.05) is 6.61 Å². The summed E-state index contributed by atoms with van der Waals surface area (Å²) in [6, 6.07) is 23.5. The predicted octanol–water partition coefficient (Wildman–Crippen LogP) is 9.88. The Morgan fingerprint density at radius 2 is 1.62 bits per heavy atom. The summed E-state index contributed by atoms with van der Waals surface area (Å²) in [6.07, 6.45) is 7.55. The van der Waals surface area contributed by atoms with Crippen molar-refractivity contribution in [1.82, 2.24) is 9.78 Å². The van der Waals surface area contributed by atoms with Crippen LogP contribution in [0.1, 0.15) is 94.4 Å². The first kappa shape index (κ1) is 34.0. The summed E-state index contributed by atoms with van der Waals surface area (Å²) in [6.45, 7) is 9.69. The molecule has 1 aliphatic carbocycles. The second kappa shape index (κ2) is 15.0. The van der Waals surface area contributed by atoms with Crippen LogP contribution in [0.15, 0.2) is 78.4 Å². The first-order chi connectivity index (χ1) is 22.5. The van der Waals surface area contributed by atoms with E-state index in [1.165, 1.54) is 19.3 Å². The van der Waals surface area contributed by atoms with Crippen molar-refractivity contribution in [1.29, 1.82) is 0 Å². The molecule has 5 rings (SSSR count). The summed E-state index contributed by atoms with van der Waals surface area (Å²) in [4.78, 5) is 25.2. The Kier molecular flexibility index (Phi) is 10.9. The average Bonchev–Trinajstić information content (AvgIpc) is 3.47. The third-order valence-corrected chi connectivity index (χ3v) is 8.33. The number of aromatic nitrogens is 2. The first-order valence-electron chi connectivity index (χ1n) is 16.3. The molecule has 1 saturated carbocycles. The minimum atomic E-state index is -0.604. The van der Waals surface area contributed by atoms with E-state index in [1.54, 1.807) is 26.0 Å². The number of ether oxygens (including phenoxy) is 3. The Morgan fingerprint density at radius 3 is 2.28 bits per heavy atom. The van der Waals surface area contributed by atoms with Gasteiger partial charge in [-0.05, 0) is 125 Å². The lowest BCUT2D eigenvalue weighted by Gasteiger charge is -2.24. The maximum Gasteiger partial charge on any atom is 0.338 e. The van der Waals surface area contributed by atoms with Gasteiger partial charge in [-0.15, -0.1) is 0 Å². The molecular weight excluding hydrogens is 612 g/mol. The van der Waals surface area contributed by atoms with Crippen LogP contribution in [0.4, 0.5) is 0 Å². The molecule has 3 aromatic carbocycles. The molecule has 0 unspecified atom stereocenters. The molecule has 0 spiro atoms. The molecular formula is C39H43ClN2O5. The van der Waals surface area contributed by atoms with E-state index in [0.717, 1.165) is 46.5 Å². The van der Waals surface area contributed by atoms with Gasteiger partial charge in [0.1, 0.15) is 18.0 Å². The summed E-state index contributed by atoms with van der Waals surface area (Å²) in [5, 5.41) is 5.59. The fourth-order valence-electron chi connectivity index (χ4n) is 5.80. The average molecular weight is 655 g/mol. The number of benzene rings is 3. The zero-order valence-corrected chi connectivity index (χ0v) is 28.6. The highest BCUT2D eigenvalue weighted by molar-refractivity contribution is 6.30. The van der Waals surface area contributed by atoms with Gasteiger partial charge in [-0.1, -0.05) is 49.1 Å². The van der Waals surface area contributed by atoms with E-state index < -0.39 is 5.60 Å². The Balaban J connectivity index is 1.40. The molecule has 1 heterocycles. The van der Waals surface area contributed by atoms with Crippen molar-refractivity contribution < 1.29 is 23.8 Å². The molecule has 0 amide bonds. The normalized spacial score (nSPS) is 14.1. The zero-order valence-electron chi connectivity index (χ0n) is 27.8. The van der Waals surface area contributed by atoms with Gasteiger partial charge in [0.15, 0.2) is 0 Å².